The third-order valence-corrected chi connectivity index (χ3v) is 8.64. The van der Waals surface area contributed by atoms with Crippen molar-refractivity contribution in [2.24, 2.45) is 17.3 Å². The zero-order chi connectivity index (χ0) is 21.4. The summed E-state index contributed by atoms with van der Waals surface area (Å²) in [6, 6.07) is 11.3. The summed E-state index contributed by atoms with van der Waals surface area (Å²) in [6.45, 7) is 8.80. The molecule has 0 aromatic heterocycles. The Bertz CT molecular complexity index is 827. The van der Waals surface area contributed by atoms with Crippen molar-refractivity contribution in [1.82, 2.24) is 10.2 Å². The van der Waals surface area contributed by atoms with Gasteiger partial charge in [0.25, 0.3) is 0 Å². The van der Waals surface area contributed by atoms with Gasteiger partial charge in [0.05, 0.1) is 5.92 Å². The van der Waals surface area contributed by atoms with E-state index in [1.54, 1.807) is 11.1 Å². The monoisotopic (exact) mass is 422 g/mol. The summed E-state index contributed by atoms with van der Waals surface area (Å²) in [5.74, 6) is 0.443. The minimum absolute atomic E-state index is 0.0270. The van der Waals surface area contributed by atoms with Crippen LogP contribution in [0.25, 0.3) is 0 Å². The summed E-state index contributed by atoms with van der Waals surface area (Å²) in [7, 11) is 0. The molecule has 5 rings (SSSR count). The van der Waals surface area contributed by atoms with Crippen molar-refractivity contribution in [2.45, 2.75) is 77.5 Å². The standard InChI is InChI=1S/C27H38N2O2/c1-19-7-6-12-27(2)16-25-22(15-24(19)27)23(26(30)31-25)17-28-21-10-13-29(14-11-21)18-20-8-4-3-5-9-20/h3-5,8-9,21-23,25,28H,6-7,10-18H2,1-2H3. The molecular weight excluding hydrogens is 384 g/mol. The van der Waals surface area contributed by atoms with E-state index in [0.717, 1.165) is 51.9 Å². The number of benzene rings is 1. The molecule has 168 valence electrons. The molecule has 0 spiro atoms. The Morgan fingerprint density at radius 1 is 1.19 bits per heavy atom. The fourth-order valence-corrected chi connectivity index (χ4v) is 6.78. The molecule has 0 radical (unpaired) electrons. The van der Waals surface area contributed by atoms with E-state index in [9.17, 15) is 4.79 Å². The predicted molar refractivity (Wildman–Crippen MR) is 123 cm³/mol. The van der Waals surface area contributed by atoms with Gasteiger partial charge in [-0.1, -0.05) is 48.4 Å². The summed E-state index contributed by atoms with van der Waals surface area (Å²) in [4.78, 5) is 15.3. The Hall–Kier alpha value is -1.65. The van der Waals surface area contributed by atoms with Crippen LogP contribution in [0.1, 0.15) is 64.4 Å². The number of nitrogens with one attached hydrogen (secondary N) is 1. The van der Waals surface area contributed by atoms with E-state index in [0.29, 0.717) is 12.0 Å². The van der Waals surface area contributed by atoms with Crippen molar-refractivity contribution >= 4 is 5.97 Å². The summed E-state index contributed by atoms with van der Waals surface area (Å²) in [5.41, 5.74) is 4.89. The Kier molecular flexibility index (Phi) is 5.96. The van der Waals surface area contributed by atoms with Crippen LogP contribution in [0.2, 0.25) is 0 Å². The van der Waals surface area contributed by atoms with Crippen molar-refractivity contribution in [3.8, 4) is 0 Å². The average molecular weight is 423 g/mol. The lowest BCUT2D eigenvalue weighted by atomic mass is 9.59. The Morgan fingerprint density at radius 3 is 2.74 bits per heavy atom. The van der Waals surface area contributed by atoms with E-state index in [2.05, 4.69) is 54.4 Å². The number of likely N-dealkylation sites (tertiary alicyclic amines) is 1. The predicted octanol–water partition coefficient (Wildman–Crippen LogP) is 4.70. The van der Waals surface area contributed by atoms with Crippen LogP contribution >= 0.6 is 0 Å². The van der Waals surface area contributed by atoms with Crippen molar-refractivity contribution in [1.29, 1.82) is 0 Å². The maximum atomic E-state index is 12.8. The minimum Gasteiger partial charge on any atom is -0.462 e. The highest BCUT2D eigenvalue weighted by Crippen LogP contribution is 2.54. The first-order valence-electron chi connectivity index (χ1n) is 12.4. The number of allylic oxidation sites excluding steroid dienone is 2. The fraction of sp³-hybridized carbons (Fsp3) is 0.667. The molecule has 1 aromatic carbocycles. The van der Waals surface area contributed by atoms with Gasteiger partial charge in [-0.3, -0.25) is 9.69 Å². The lowest BCUT2D eigenvalue weighted by molar-refractivity contribution is -0.145. The highest BCUT2D eigenvalue weighted by atomic mass is 16.6. The third kappa shape index (κ3) is 4.34. The Labute approximate surface area is 187 Å². The molecule has 2 heterocycles. The normalized spacial score (nSPS) is 34.4. The number of hydrogen-bond acceptors (Lipinski definition) is 4. The molecule has 0 bridgehead atoms. The second kappa shape index (κ2) is 8.71. The number of hydrogen-bond donors (Lipinski definition) is 1. The number of esters is 1. The molecule has 4 nitrogen and oxygen atoms in total. The molecule has 31 heavy (non-hydrogen) atoms. The molecule has 2 aliphatic heterocycles. The lowest BCUT2D eigenvalue weighted by Crippen LogP contribution is -2.45. The quantitative estimate of drug-likeness (QED) is 0.552. The van der Waals surface area contributed by atoms with Crippen LogP contribution in [0.4, 0.5) is 0 Å². The maximum Gasteiger partial charge on any atom is 0.310 e. The molecule has 1 saturated carbocycles. The molecule has 4 unspecified atom stereocenters. The maximum absolute atomic E-state index is 12.8. The van der Waals surface area contributed by atoms with Gasteiger partial charge in [-0.05, 0) is 75.9 Å². The zero-order valence-electron chi connectivity index (χ0n) is 19.2. The summed E-state index contributed by atoms with van der Waals surface area (Å²) in [6.07, 6.45) is 8.32. The number of ether oxygens (including phenoxy) is 1. The summed E-state index contributed by atoms with van der Waals surface area (Å²) < 4.78 is 5.94. The lowest BCUT2D eigenvalue weighted by Gasteiger charge is -2.45. The Balaban J connectivity index is 1.15. The molecule has 3 fully saturated rings. The van der Waals surface area contributed by atoms with Crippen LogP contribution in [-0.2, 0) is 16.1 Å². The molecule has 1 N–H and O–H groups in total. The third-order valence-electron chi connectivity index (χ3n) is 8.64. The minimum atomic E-state index is 0.0270. The first-order valence-corrected chi connectivity index (χ1v) is 12.4. The van der Waals surface area contributed by atoms with Gasteiger partial charge >= 0.3 is 5.97 Å². The van der Waals surface area contributed by atoms with Gasteiger partial charge in [-0.25, -0.2) is 0 Å². The van der Waals surface area contributed by atoms with Crippen LogP contribution in [0.5, 0.6) is 0 Å². The van der Waals surface area contributed by atoms with Crippen LogP contribution in [0.3, 0.4) is 0 Å². The molecule has 4 aliphatic rings. The van der Waals surface area contributed by atoms with E-state index < -0.39 is 0 Å². The van der Waals surface area contributed by atoms with Gasteiger partial charge < -0.3 is 10.1 Å². The van der Waals surface area contributed by atoms with Crippen molar-refractivity contribution < 1.29 is 9.53 Å². The van der Waals surface area contributed by atoms with E-state index >= 15 is 0 Å². The number of piperidine rings is 1. The molecule has 4 heteroatoms. The molecule has 2 saturated heterocycles. The van der Waals surface area contributed by atoms with Gasteiger partial charge in [0.2, 0.25) is 0 Å². The first-order chi connectivity index (χ1) is 15.0. The van der Waals surface area contributed by atoms with Gasteiger partial charge in [0, 0.05) is 25.0 Å². The number of nitrogens with zero attached hydrogens (tertiary/aromatic N) is 1. The van der Waals surface area contributed by atoms with E-state index in [4.69, 9.17) is 4.74 Å². The van der Waals surface area contributed by atoms with Crippen LogP contribution in [-0.4, -0.2) is 42.6 Å². The van der Waals surface area contributed by atoms with Crippen LogP contribution in [0.15, 0.2) is 41.5 Å². The van der Waals surface area contributed by atoms with E-state index in [-0.39, 0.29) is 23.4 Å². The van der Waals surface area contributed by atoms with Gasteiger partial charge in [0.1, 0.15) is 6.10 Å². The smallest absolute Gasteiger partial charge is 0.310 e. The SMILES string of the molecule is CC1=C2CC3C(CC2(C)CCC1)OC(=O)C3CNC1CCN(Cc2ccccc2)CC1. The largest absolute Gasteiger partial charge is 0.462 e. The zero-order valence-corrected chi connectivity index (χ0v) is 19.2. The number of carbonyl (C=O) groups is 1. The fourth-order valence-electron chi connectivity index (χ4n) is 6.78. The molecular formula is C27H38N2O2. The highest BCUT2D eigenvalue weighted by Gasteiger charge is 2.52. The number of carbonyl (C=O) groups excluding carboxylic acids is 1. The first kappa shape index (κ1) is 21.2. The van der Waals surface area contributed by atoms with Gasteiger partial charge in [0.15, 0.2) is 0 Å². The highest BCUT2D eigenvalue weighted by molar-refractivity contribution is 5.76. The Morgan fingerprint density at radius 2 is 1.97 bits per heavy atom. The van der Waals surface area contributed by atoms with Crippen LogP contribution in [0, 0.1) is 17.3 Å². The molecule has 4 atom stereocenters. The summed E-state index contributed by atoms with van der Waals surface area (Å²) >= 11 is 0. The molecule has 2 aliphatic carbocycles. The second-order valence-corrected chi connectivity index (χ2v) is 10.8. The van der Waals surface area contributed by atoms with E-state index in [1.165, 1.54) is 24.8 Å². The van der Waals surface area contributed by atoms with E-state index in [1.807, 2.05) is 0 Å². The summed E-state index contributed by atoms with van der Waals surface area (Å²) in [5, 5.41) is 3.76. The second-order valence-electron chi connectivity index (χ2n) is 10.8. The van der Waals surface area contributed by atoms with Crippen molar-refractivity contribution in [3.05, 3.63) is 47.0 Å². The van der Waals surface area contributed by atoms with Crippen molar-refractivity contribution in [3.63, 3.8) is 0 Å². The van der Waals surface area contributed by atoms with Gasteiger partial charge in [-0.2, -0.15) is 0 Å². The molecule has 0 amide bonds. The molecule has 1 aromatic rings. The van der Waals surface area contributed by atoms with Crippen LogP contribution < -0.4 is 5.32 Å². The van der Waals surface area contributed by atoms with Crippen molar-refractivity contribution in [2.75, 3.05) is 19.6 Å². The topological polar surface area (TPSA) is 41.6 Å². The number of rotatable bonds is 5. The van der Waals surface area contributed by atoms with Gasteiger partial charge in [-0.15, -0.1) is 0 Å². The number of fused-ring (bicyclic) bond motifs is 2. The average Bonchev–Trinajstić information content (AvgIpc) is 3.06.